The number of carbonyl (C=O) groups excluding carboxylic acids is 1. The van der Waals surface area contributed by atoms with Gasteiger partial charge in [-0.25, -0.2) is 4.57 Å². The molecule has 1 aliphatic carbocycles. The molecule has 1 atom stereocenters. The van der Waals surface area contributed by atoms with Crippen LogP contribution in [0, 0.1) is 20.8 Å². The zero-order valence-corrected chi connectivity index (χ0v) is 30.7. The Labute approximate surface area is 305 Å². The lowest BCUT2D eigenvalue weighted by atomic mass is 9.91. The van der Waals surface area contributed by atoms with Crippen molar-refractivity contribution in [2.24, 2.45) is 0 Å². The maximum absolute atomic E-state index is 14.3. The number of aryl methyl sites for hydroxylation is 3. The van der Waals surface area contributed by atoms with Crippen LogP contribution in [0.3, 0.4) is 0 Å². The minimum atomic E-state index is -3.91. The van der Waals surface area contributed by atoms with E-state index in [-0.39, 0.29) is 31.8 Å². The SMILES string of the molecule is Cc1ccc(C(NC(=O)C2(c3ccc4[nH]cc(CCOP(=O)(OCc5ccccc5)OCc5ccccc5)c4c3)CC2)c2cccc(C)n2)c(C)c1. The van der Waals surface area contributed by atoms with Gasteiger partial charge in [-0.1, -0.05) is 96.6 Å². The van der Waals surface area contributed by atoms with Crippen molar-refractivity contribution < 1.29 is 22.9 Å². The first-order valence-electron chi connectivity index (χ1n) is 17.8. The molecule has 2 heterocycles. The number of benzene rings is 4. The van der Waals surface area contributed by atoms with E-state index in [1.807, 2.05) is 104 Å². The van der Waals surface area contributed by atoms with E-state index in [0.29, 0.717) is 6.42 Å². The molecule has 0 radical (unpaired) electrons. The Morgan fingerprint density at radius 3 is 2.15 bits per heavy atom. The molecule has 2 aromatic heterocycles. The summed E-state index contributed by atoms with van der Waals surface area (Å²) in [6.07, 6.45) is 3.92. The molecule has 8 nitrogen and oxygen atoms in total. The molecule has 9 heteroatoms. The zero-order valence-electron chi connectivity index (χ0n) is 29.8. The fourth-order valence-corrected chi connectivity index (χ4v) is 7.90. The Balaban J connectivity index is 1.08. The van der Waals surface area contributed by atoms with Crippen LogP contribution in [0.2, 0.25) is 0 Å². The second-order valence-corrected chi connectivity index (χ2v) is 15.3. The number of nitrogens with zero attached hydrogens (tertiary/aromatic N) is 1. The Morgan fingerprint density at radius 1 is 0.827 bits per heavy atom. The van der Waals surface area contributed by atoms with Crippen molar-refractivity contribution in [2.45, 2.75) is 64.7 Å². The number of aromatic nitrogens is 2. The van der Waals surface area contributed by atoms with Gasteiger partial charge in [-0.15, -0.1) is 0 Å². The summed E-state index contributed by atoms with van der Waals surface area (Å²) in [7, 11) is -3.91. The van der Waals surface area contributed by atoms with E-state index < -0.39 is 13.2 Å². The van der Waals surface area contributed by atoms with Crippen molar-refractivity contribution in [3.05, 3.63) is 172 Å². The summed E-state index contributed by atoms with van der Waals surface area (Å²) in [5, 5.41) is 4.40. The summed E-state index contributed by atoms with van der Waals surface area (Å²) in [6, 6.07) is 37.1. The number of fused-ring (bicyclic) bond motifs is 1. The van der Waals surface area contributed by atoms with Crippen LogP contribution in [0.25, 0.3) is 10.9 Å². The number of hydrogen-bond donors (Lipinski definition) is 2. The molecule has 1 unspecified atom stereocenters. The van der Waals surface area contributed by atoms with Gasteiger partial charge in [0, 0.05) is 22.8 Å². The lowest BCUT2D eigenvalue weighted by Crippen LogP contribution is -2.38. The van der Waals surface area contributed by atoms with E-state index in [0.717, 1.165) is 68.5 Å². The normalized spacial score (nSPS) is 14.3. The third-order valence-corrected chi connectivity index (χ3v) is 11.2. The maximum Gasteiger partial charge on any atom is 0.475 e. The predicted octanol–water partition coefficient (Wildman–Crippen LogP) is 9.53. The summed E-state index contributed by atoms with van der Waals surface area (Å²) in [5.41, 5.74) is 9.05. The van der Waals surface area contributed by atoms with Crippen LogP contribution in [0.4, 0.5) is 0 Å². The number of phosphoric ester groups is 1. The van der Waals surface area contributed by atoms with Gasteiger partial charge in [0.25, 0.3) is 0 Å². The van der Waals surface area contributed by atoms with Crippen LogP contribution in [0.15, 0.2) is 121 Å². The third-order valence-electron chi connectivity index (χ3n) is 9.81. The minimum absolute atomic E-state index is 0.00683. The molecule has 7 rings (SSSR count). The molecule has 1 saturated carbocycles. The standard InChI is InChI=1S/C43H44N3O5P/c1-30-17-19-37(31(2)25-30)41(40-16-10-11-32(3)45-40)46-42(47)43(22-23-43)36-18-20-39-38(26-36)35(27-44-39)21-24-49-52(48,50-28-33-12-6-4-7-13-33)51-29-34-14-8-5-9-15-34/h4-20,25-27,41,44H,21-24,28-29H2,1-3H3,(H,46,47). The van der Waals surface area contributed by atoms with Gasteiger partial charge in [-0.2, -0.15) is 0 Å². The Kier molecular flexibility index (Phi) is 10.5. The lowest BCUT2D eigenvalue weighted by Gasteiger charge is -2.25. The number of amides is 1. The van der Waals surface area contributed by atoms with Gasteiger partial charge in [0.1, 0.15) is 0 Å². The number of carbonyl (C=O) groups is 1. The first kappa shape index (κ1) is 35.5. The molecule has 1 aliphatic rings. The van der Waals surface area contributed by atoms with Gasteiger partial charge in [-0.3, -0.25) is 23.3 Å². The van der Waals surface area contributed by atoms with Crippen molar-refractivity contribution in [3.8, 4) is 0 Å². The molecule has 0 bridgehead atoms. The quantitative estimate of drug-likeness (QED) is 0.103. The van der Waals surface area contributed by atoms with Crippen LogP contribution in [0.1, 0.15) is 69.2 Å². The Bertz CT molecular complexity index is 2170. The van der Waals surface area contributed by atoms with Gasteiger partial charge < -0.3 is 10.3 Å². The Hall–Kier alpha value is -4.85. The van der Waals surface area contributed by atoms with Crippen molar-refractivity contribution in [3.63, 3.8) is 0 Å². The van der Waals surface area contributed by atoms with Crippen LogP contribution < -0.4 is 5.32 Å². The van der Waals surface area contributed by atoms with Crippen LogP contribution >= 0.6 is 7.82 Å². The first-order chi connectivity index (χ1) is 25.2. The van der Waals surface area contributed by atoms with Crippen molar-refractivity contribution in [1.82, 2.24) is 15.3 Å². The van der Waals surface area contributed by atoms with Gasteiger partial charge in [0.05, 0.1) is 37.0 Å². The summed E-state index contributed by atoms with van der Waals surface area (Å²) >= 11 is 0. The number of nitrogens with one attached hydrogen (secondary N) is 2. The van der Waals surface area contributed by atoms with Crippen LogP contribution in [0.5, 0.6) is 0 Å². The van der Waals surface area contributed by atoms with E-state index in [1.165, 1.54) is 5.56 Å². The smallest absolute Gasteiger partial charge is 0.361 e. The van der Waals surface area contributed by atoms with Crippen molar-refractivity contribution in [2.75, 3.05) is 6.61 Å². The average molecular weight is 714 g/mol. The Morgan fingerprint density at radius 2 is 1.52 bits per heavy atom. The molecular formula is C43H44N3O5P. The molecule has 0 aliphatic heterocycles. The van der Waals surface area contributed by atoms with Crippen molar-refractivity contribution >= 4 is 24.6 Å². The maximum atomic E-state index is 14.3. The summed E-state index contributed by atoms with van der Waals surface area (Å²) < 4.78 is 31.4. The highest BCUT2D eigenvalue weighted by Crippen LogP contribution is 2.52. The second kappa shape index (κ2) is 15.4. The lowest BCUT2D eigenvalue weighted by molar-refractivity contribution is -0.124. The largest absolute Gasteiger partial charge is 0.475 e. The first-order valence-corrected chi connectivity index (χ1v) is 19.2. The molecule has 52 heavy (non-hydrogen) atoms. The molecule has 1 fully saturated rings. The molecule has 1 amide bonds. The highest BCUT2D eigenvalue weighted by Gasteiger charge is 2.52. The number of H-pyrrole nitrogens is 1. The van der Waals surface area contributed by atoms with Crippen molar-refractivity contribution in [1.29, 1.82) is 0 Å². The van der Waals surface area contributed by atoms with Gasteiger partial charge in [0.15, 0.2) is 0 Å². The molecular weight excluding hydrogens is 669 g/mol. The number of hydrogen-bond acceptors (Lipinski definition) is 6. The summed E-state index contributed by atoms with van der Waals surface area (Å²) in [5.74, 6) is -0.00683. The number of rotatable bonds is 15. The zero-order chi connectivity index (χ0) is 36.1. The minimum Gasteiger partial charge on any atom is -0.361 e. The fraction of sp³-hybridized carbons (Fsp3) is 0.256. The molecule has 6 aromatic rings. The third kappa shape index (κ3) is 8.11. The molecule has 2 N–H and O–H groups in total. The summed E-state index contributed by atoms with van der Waals surface area (Å²) in [4.78, 5) is 22.5. The monoisotopic (exact) mass is 713 g/mol. The summed E-state index contributed by atoms with van der Waals surface area (Å²) in [6.45, 7) is 6.43. The van der Waals surface area contributed by atoms with Crippen LogP contribution in [-0.2, 0) is 48.0 Å². The van der Waals surface area contributed by atoms with E-state index >= 15 is 0 Å². The highest BCUT2D eigenvalue weighted by atomic mass is 31.2. The molecule has 0 spiro atoms. The second-order valence-electron chi connectivity index (χ2n) is 13.7. The molecule has 266 valence electrons. The number of phosphoric acid groups is 1. The predicted molar refractivity (Wildman–Crippen MR) is 204 cm³/mol. The van der Waals surface area contributed by atoms with E-state index in [4.69, 9.17) is 18.6 Å². The fourth-order valence-electron chi connectivity index (χ4n) is 6.74. The van der Waals surface area contributed by atoms with E-state index in [1.54, 1.807) is 0 Å². The molecule has 4 aromatic carbocycles. The van der Waals surface area contributed by atoms with Crippen LogP contribution in [-0.4, -0.2) is 22.5 Å². The van der Waals surface area contributed by atoms with Gasteiger partial charge in [-0.05, 0) is 97.7 Å². The molecule has 0 saturated heterocycles. The van der Waals surface area contributed by atoms with E-state index in [2.05, 4.69) is 48.4 Å². The number of aromatic amines is 1. The van der Waals surface area contributed by atoms with Gasteiger partial charge in [0.2, 0.25) is 5.91 Å². The number of pyridine rings is 1. The highest BCUT2D eigenvalue weighted by molar-refractivity contribution is 7.48. The van der Waals surface area contributed by atoms with E-state index in [9.17, 15) is 9.36 Å². The topological polar surface area (TPSA) is 103 Å². The van der Waals surface area contributed by atoms with Gasteiger partial charge >= 0.3 is 7.82 Å². The average Bonchev–Trinajstić information content (AvgIpc) is 3.88.